The maximum Gasteiger partial charge on any atom is 0.221 e. The van der Waals surface area contributed by atoms with E-state index in [9.17, 15) is 4.79 Å². The Hall–Kier alpha value is -2.53. The number of hydrogen-bond acceptors (Lipinski definition) is 4. The van der Waals surface area contributed by atoms with Crippen molar-refractivity contribution < 1.29 is 9.53 Å². The maximum absolute atomic E-state index is 11.1. The first-order chi connectivity index (χ1) is 12.7. The van der Waals surface area contributed by atoms with Crippen LogP contribution in [0.5, 0.6) is 5.75 Å². The molecule has 0 unspecified atom stereocenters. The van der Waals surface area contributed by atoms with Gasteiger partial charge in [-0.3, -0.25) is 9.69 Å². The van der Waals surface area contributed by atoms with Crippen LogP contribution in [0.3, 0.4) is 0 Å². The number of hydrogen-bond donors (Lipinski definition) is 1. The number of ether oxygens (including phenoxy) is 1. The zero-order chi connectivity index (χ0) is 18.2. The minimum atomic E-state index is -0.0724. The van der Waals surface area contributed by atoms with Gasteiger partial charge in [0.15, 0.2) is 0 Å². The summed E-state index contributed by atoms with van der Waals surface area (Å²) in [6, 6.07) is 18.1. The van der Waals surface area contributed by atoms with Crippen LogP contribution in [0.25, 0.3) is 0 Å². The second kappa shape index (κ2) is 9.25. The van der Waals surface area contributed by atoms with E-state index in [0.717, 1.165) is 50.6 Å². The molecule has 0 aromatic heterocycles. The summed E-state index contributed by atoms with van der Waals surface area (Å²) in [5, 5.41) is 2.77. The molecular weight excluding hydrogens is 326 g/mol. The number of nitrogens with one attached hydrogen (secondary N) is 1. The Bertz CT molecular complexity index is 697. The van der Waals surface area contributed by atoms with Crippen molar-refractivity contribution in [1.82, 2.24) is 4.90 Å². The topological polar surface area (TPSA) is 44.8 Å². The molecule has 1 aliphatic rings. The summed E-state index contributed by atoms with van der Waals surface area (Å²) in [5.41, 5.74) is 2.08. The van der Waals surface area contributed by atoms with E-state index in [4.69, 9.17) is 4.74 Å². The highest BCUT2D eigenvalue weighted by Gasteiger charge is 2.16. The van der Waals surface area contributed by atoms with Crippen molar-refractivity contribution in [3.8, 4) is 5.75 Å². The Balaban J connectivity index is 1.35. The number of anilines is 2. The minimum absolute atomic E-state index is 0.0724. The molecule has 2 aromatic rings. The van der Waals surface area contributed by atoms with Gasteiger partial charge in [-0.25, -0.2) is 0 Å². The lowest BCUT2D eigenvalue weighted by Crippen LogP contribution is -2.46. The molecule has 1 amide bonds. The van der Waals surface area contributed by atoms with Gasteiger partial charge in [-0.1, -0.05) is 24.3 Å². The van der Waals surface area contributed by atoms with E-state index >= 15 is 0 Å². The van der Waals surface area contributed by atoms with E-state index in [0.29, 0.717) is 6.61 Å². The molecular formula is C21H27N3O2. The molecule has 1 N–H and O–H groups in total. The average Bonchev–Trinajstić information content (AvgIpc) is 2.66. The van der Waals surface area contributed by atoms with Crippen LogP contribution in [0.4, 0.5) is 11.4 Å². The standard InChI is InChI=1S/C21H27N3O2/c1-18(25)22-19-7-5-10-21(17-19)26-16-6-11-23-12-14-24(15-13-23)20-8-3-2-4-9-20/h2-5,7-10,17H,6,11-16H2,1H3,(H,22,25). The Morgan fingerprint density at radius 2 is 1.81 bits per heavy atom. The third kappa shape index (κ3) is 5.49. The number of rotatable bonds is 7. The van der Waals surface area contributed by atoms with Gasteiger partial charge in [0.1, 0.15) is 5.75 Å². The van der Waals surface area contributed by atoms with Crippen LogP contribution in [0.15, 0.2) is 54.6 Å². The van der Waals surface area contributed by atoms with Gasteiger partial charge >= 0.3 is 0 Å². The van der Waals surface area contributed by atoms with Gasteiger partial charge in [0.2, 0.25) is 5.91 Å². The van der Waals surface area contributed by atoms with Crippen molar-refractivity contribution in [3.63, 3.8) is 0 Å². The third-order valence-electron chi connectivity index (χ3n) is 4.54. The summed E-state index contributed by atoms with van der Waals surface area (Å²) in [6.07, 6.45) is 0.996. The third-order valence-corrected chi connectivity index (χ3v) is 4.54. The number of piperazine rings is 1. The summed E-state index contributed by atoms with van der Waals surface area (Å²) >= 11 is 0. The highest BCUT2D eigenvalue weighted by molar-refractivity contribution is 5.88. The molecule has 0 bridgehead atoms. The smallest absolute Gasteiger partial charge is 0.221 e. The lowest BCUT2D eigenvalue weighted by molar-refractivity contribution is -0.114. The van der Waals surface area contributed by atoms with Crippen LogP contribution >= 0.6 is 0 Å². The molecule has 1 aliphatic heterocycles. The predicted molar refractivity (Wildman–Crippen MR) is 106 cm³/mol. The summed E-state index contributed by atoms with van der Waals surface area (Å²) in [5.74, 6) is 0.724. The van der Waals surface area contributed by atoms with Gasteiger partial charge in [-0.05, 0) is 30.7 Å². The first-order valence-electron chi connectivity index (χ1n) is 9.23. The summed E-state index contributed by atoms with van der Waals surface area (Å²) in [4.78, 5) is 16.1. The number of carbonyl (C=O) groups excluding carboxylic acids is 1. The highest BCUT2D eigenvalue weighted by Crippen LogP contribution is 2.18. The number of benzene rings is 2. The lowest BCUT2D eigenvalue weighted by atomic mass is 10.2. The van der Waals surface area contributed by atoms with Crippen LogP contribution in [-0.4, -0.2) is 50.1 Å². The Labute approximate surface area is 155 Å². The second-order valence-electron chi connectivity index (χ2n) is 6.58. The van der Waals surface area contributed by atoms with E-state index in [1.807, 2.05) is 24.3 Å². The Morgan fingerprint density at radius 1 is 1.04 bits per heavy atom. The lowest BCUT2D eigenvalue weighted by Gasteiger charge is -2.36. The summed E-state index contributed by atoms with van der Waals surface area (Å²) in [6.45, 7) is 7.56. The zero-order valence-electron chi connectivity index (χ0n) is 15.4. The monoisotopic (exact) mass is 353 g/mol. The van der Waals surface area contributed by atoms with Crippen LogP contribution in [-0.2, 0) is 4.79 Å². The normalized spacial score (nSPS) is 14.9. The van der Waals surface area contributed by atoms with E-state index in [1.54, 1.807) is 0 Å². The summed E-state index contributed by atoms with van der Waals surface area (Å²) in [7, 11) is 0. The van der Waals surface area contributed by atoms with Crippen molar-refractivity contribution in [2.75, 3.05) is 49.5 Å². The minimum Gasteiger partial charge on any atom is -0.493 e. The first kappa shape index (κ1) is 18.3. The fourth-order valence-corrected chi connectivity index (χ4v) is 3.21. The zero-order valence-corrected chi connectivity index (χ0v) is 15.4. The molecule has 5 nitrogen and oxygen atoms in total. The van der Waals surface area contributed by atoms with Crippen molar-refractivity contribution >= 4 is 17.3 Å². The molecule has 0 spiro atoms. The highest BCUT2D eigenvalue weighted by atomic mass is 16.5. The van der Waals surface area contributed by atoms with E-state index in [1.165, 1.54) is 12.6 Å². The predicted octanol–water partition coefficient (Wildman–Crippen LogP) is 3.24. The molecule has 0 aliphatic carbocycles. The Morgan fingerprint density at radius 3 is 2.54 bits per heavy atom. The van der Waals surface area contributed by atoms with Gasteiger partial charge in [0, 0.05) is 57.1 Å². The van der Waals surface area contributed by atoms with Crippen molar-refractivity contribution in [2.24, 2.45) is 0 Å². The van der Waals surface area contributed by atoms with E-state index < -0.39 is 0 Å². The molecule has 1 saturated heterocycles. The van der Waals surface area contributed by atoms with Gasteiger partial charge < -0.3 is 15.0 Å². The fraction of sp³-hybridized carbons (Fsp3) is 0.381. The van der Waals surface area contributed by atoms with E-state index in [-0.39, 0.29) is 5.91 Å². The van der Waals surface area contributed by atoms with Crippen molar-refractivity contribution in [1.29, 1.82) is 0 Å². The fourth-order valence-electron chi connectivity index (χ4n) is 3.21. The number of nitrogens with zero attached hydrogens (tertiary/aromatic N) is 2. The molecule has 3 rings (SSSR count). The van der Waals surface area contributed by atoms with Gasteiger partial charge in [0.05, 0.1) is 6.61 Å². The largest absolute Gasteiger partial charge is 0.493 e. The molecule has 26 heavy (non-hydrogen) atoms. The molecule has 2 aromatic carbocycles. The van der Waals surface area contributed by atoms with E-state index in [2.05, 4.69) is 45.4 Å². The SMILES string of the molecule is CC(=O)Nc1cccc(OCCCN2CCN(c3ccccc3)CC2)c1. The number of para-hydroxylation sites is 1. The average molecular weight is 353 g/mol. The Kier molecular flexibility index (Phi) is 6.50. The number of amides is 1. The van der Waals surface area contributed by atoms with Crippen molar-refractivity contribution in [3.05, 3.63) is 54.6 Å². The molecule has 1 fully saturated rings. The molecule has 0 atom stereocenters. The van der Waals surface area contributed by atoms with Gasteiger partial charge in [-0.15, -0.1) is 0 Å². The number of carbonyl (C=O) groups is 1. The van der Waals surface area contributed by atoms with Crippen LogP contribution in [0.1, 0.15) is 13.3 Å². The second-order valence-corrected chi connectivity index (χ2v) is 6.58. The molecule has 0 saturated carbocycles. The van der Waals surface area contributed by atoms with Crippen LogP contribution < -0.4 is 15.0 Å². The van der Waals surface area contributed by atoms with Gasteiger partial charge in [-0.2, -0.15) is 0 Å². The molecule has 1 heterocycles. The molecule has 138 valence electrons. The quantitative estimate of drug-likeness (QED) is 0.776. The first-order valence-corrected chi connectivity index (χ1v) is 9.23. The van der Waals surface area contributed by atoms with Crippen molar-refractivity contribution in [2.45, 2.75) is 13.3 Å². The maximum atomic E-state index is 11.1. The molecule has 5 heteroatoms. The van der Waals surface area contributed by atoms with Crippen LogP contribution in [0, 0.1) is 0 Å². The summed E-state index contributed by atoms with van der Waals surface area (Å²) < 4.78 is 5.82. The molecule has 0 radical (unpaired) electrons. The van der Waals surface area contributed by atoms with Gasteiger partial charge in [0.25, 0.3) is 0 Å². The van der Waals surface area contributed by atoms with Crippen LogP contribution in [0.2, 0.25) is 0 Å².